The molecule has 0 aliphatic heterocycles. The van der Waals surface area contributed by atoms with Crippen molar-refractivity contribution in [3.05, 3.63) is 51.5 Å². The zero-order chi connectivity index (χ0) is 23.3. The molecule has 0 radical (unpaired) electrons. The summed E-state index contributed by atoms with van der Waals surface area (Å²) in [6, 6.07) is 8.74. The fourth-order valence-electron chi connectivity index (χ4n) is 4.10. The molecule has 0 heterocycles. The second kappa shape index (κ2) is 10.9. The van der Waals surface area contributed by atoms with Gasteiger partial charge in [-0.3, -0.25) is 9.59 Å². The highest BCUT2D eigenvalue weighted by atomic mass is 79.9. The van der Waals surface area contributed by atoms with E-state index < -0.39 is 5.97 Å². The number of hydrogen-bond donors (Lipinski definition) is 2. The zero-order valence-electron chi connectivity index (χ0n) is 18.4. The van der Waals surface area contributed by atoms with Crippen LogP contribution in [0.1, 0.15) is 67.4 Å². The summed E-state index contributed by atoms with van der Waals surface area (Å²) in [6.45, 7) is 3.47. The molecular formula is C25H29BrO6. The lowest BCUT2D eigenvalue weighted by atomic mass is 9.94. The van der Waals surface area contributed by atoms with Gasteiger partial charge in [0.25, 0.3) is 0 Å². The van der Waals surface area contributed by atoms with Crippen molar-refractivity contribution in [2.45, 2.75) is 71.0 Å². The summed E-state index contributed by atoms with van der Waals surface area (Å²) in [6.07, 6.45) is 4.77. The maximum absolute atomic E-state index is 11.8. The van der Waals surface area contributed by atoms with Crippen LogP contribution in [0.4, 0.5) is 0 Å². The quantitative estimate of drug-likeness (QED) is 0.425. The Morgan fingerprint density at radius 1 is 1.09 bits per heavy atom. The number of Topliss-reactive ketones (excluding diaryl/α,β-unsaturated/α-hetero) is 1. The van der Waals surface area contributed by atoms with Gasteiger partial charge in [-0.05, 0) is 78.4 Å². The Bertz CT molecular complexity index is 987. The van der Waals surface area contributed by atoms with E-state index in [1.807, 2.05) is 6.92 Å². The number of phenols is 1. The van der Waals surface area contributed by atoms with Crippen molar-refractivity contribution >= 4 is 27.7 Å². The van der Waals surface area contributed by atoms with Crippen LogP contribution in [0, 0.1) is 0 Å². The lowest BCUT2D eigenvalue weighted by Gasteiger charge is -2.31. The number of ketones is 1. The molecular weight excluding hydrogens is 476 g/mol. The first-order valence-electron chi connectivity index (χ1n) is 11.0. The van der Waals surface area contributed by atoms with E-state index in [0.29, 0.717) is 41.0 Å². The summed E-state index contributed by atoms with van der Waals surface area (Å²) in [5.41, 5.74) is 1.71. The molecule has 2 aromatic rings. The van der Waals surface area contributed by atoms with Crippen LogP contribution in [0.5, 0.6) is 17.2 Å². The Hall–Kier alpha value is -2.54. The molecule has 0 bridgehead atoms. The van der Waals surface area contributed by atoms with Gasteiger partial charge in [-0.2, -0.15) is 0 Å². The molecule has 1 aliphatic rings. The summed E-state index contributed by atoms with van der Waals surface area (Å²) >= 11 is 3.48. The average molecular weight is 505 g/mol. The number of benzene rings is 2. The van der Waals surface area contributed by atoms with Crippen LogP contribution >= 0.6 is 15.9 Å². The van der Waals surface area contributed by atoms with E-state index in [1.54, 1.807) is 30.3 Å². The minimum Gasteiger partial charge on any atom is -0.507 e. The van der Waals surface area contributed by atoms with Gasteiger partial charge in [-0.15, -0.1) is 0 Å². The predicted octanol–water partition coefficient (Wildman–Crippen LogP) is 5.71. The van der Waals surface area contributed by atoms with E-state index in [9.17, 15) is 14.7 Å². The molecule has 0 amide bonds. The van der Waals surface area contributed by atoms with Crippen molar-refractivity contribution in [1.29, 1.82) is 0 Å². The number of hydrogen-bond acceptors (Lipinski definition) is 5. The molecule has 6 nitrogen and oxygen atoms in total. The van der Waals surface area contributed by atoms with Crippen molar-refractivity contribution in [1.82, 2.24) is 0 Å². The normalized spacial score (nSPS) is 18.2. The molecule has 1 fully saturated rings. The second-order valence-corrected chi connectivity index (χ2v) is 9.08. The highest BCUT2D eigenvalue weighted by Crippen LogP contribution is 2.36. The molecule has 2 unspecified atom stereocenters. The Kier molecular flexibility index (Phi) is 8.18. The number of phenolic OH excluding ortho intramolecular Hbond substituents is 1. The fourth-order valence-corrected chi connectivity index (χ4v) is 4.62. The summed E-state index contributed by atoms with van der Waals surface area (Å²) < 4.78 is 13.2. The molecule has 2 aromatic carbocycles. The third kappa shape index (κ3) is 6.03. The third-order valence-electron chi connectivity index (χ3n) is 5.64. The van der Waals surface area contributed by atoms with E-state index in [1.165, 1.54) is 6.92 Å². The maximum atomic E-state index is 11.8. The third-order valence-corrected chi connectivity index (χ3v) is 6.26. The van der Waals surface area contributed by atoms with Crippen LogP contribution in [0.2, 0.25) is 0 Å². The summed E-state index contributed by atoms with van der Waals surface area (Å²) in [4.78, 5) is 22.7. The van der Waals surface area contributed by atoms with Crippen molar-refractivity contribution in [2.24, 2.45) is 0 Å². The van der Waals surface area contributed by atoms with Gasteiger partial charge in [0.15, 0.2) is 5.78 Å². The summed E-state index contributed by atoms with van der Waals surface area (Å²) in [7, 11) is 0. The largest absolute Gasteiger partial charge is 0.507 e. The molecule has 32 heavy (non-hydrogen) atoms. The average Bonchev–Trinajstić information content (AvgIpc) is 2.72. The number of aliphatic carboxylic acids is 1. The van der Waals surface area contributed by atoms with Gasteiger partial charge in [-0.1, -0.05) is 19.4 Å². The van der Waals surface area contributed by atoms with Crippen LogP contribution < -0.4 is 9.47 Å². The highest BCUT2D eigenvalue weighted by Gasteiger charge is 2.27. The van der Waals surface area contributed by atoms with Crippen molar-refractivity contribution < 1.29 is 29.3 Å². The Morgan fingerprint density at radius 2 is 1.75 bits per heavy atom. The molecule has 172 valence electrons. The number of halogens is 1. The molecule has 1 aliphatic carbocycles. The second-order valence-electron chi connectivity index (χ2n) is 8.23. The van der Waals surface area contributed by atoms with Gasteiger partial charge in [0.1, 0.15) is 29.5 Å². The monoisotopic (exact) mass is 504 g/mol. The number of rotatable bonds is 9. The minimum atomic E-state index is -0.873. The van der Waals surface area contributed by atoms with Crippen molar-refractivity contribution in [3.8, 4) is 17.2 Å². The number of carboxylic acid groups (broad SMARTS) is 1. The molecule has 2 atom stereocenters. The Labute approximate surface area is 196 Å². The molecule has 0 saturated heterocycles. The maximum Gasteiger partial charge on any atom is 0.307 e. The van der Waals surface area contributed by atoms with Gasteiger partial charge in [0.2, 0.25) is 0 Å². The number of aromatic hydroxyl groups is 1. The summed E-state index contributed by atoms with van der Waals surface area (Å²) in [5, 5.41) is 19.5. The Balaban J connectivity index is 1.70. The number of carboxylic acids is 1. The van der Waals surface area contributed by atoms with Gasteiger partial charge < -0.3 is 19.7 Å². The van der Waals surface area contributed by atoms with Gasteiger partial charge in [0.05, 0.1) is 16.5 Å². The summed E-state index contributed by atoms with van der Waals surface area (Å²) in [5.74, 6) is 0.282. The van der Waals surface area contributed by atoms with E-state index in [4.69, 9.17) is 14.6 Å². The lowest BCUT2D eigenvalue weighted by Crippen LogP contribution is -2.32. The van der Waals surface area contributed by atoms with Crippen LogP contribution in [0.3, 0.4) is 0 Å². The molecule has 3 rings (SSSR count). The number of carbonyl (C=O) groups is 2. The van der Waals surface area contributed by atoms with Crippen LogP contribution in [0.15, 0.2) is 34.8 Å². The molecule has 2 N–H and O–H groups in total. The van der Waals surface area contributed by atoms with E-state index in [2.05, 4.69) is 15.9 Å². The van der Waals surface area contributed by atoms with Crippen molar-refractivity contribution in [3.63, 3.8) is 0 Å². The fraction of sp³-hybridized carbons (Fsp3) is 0.440. The SMILES string of the molecule is CCCc1c(OC2CCCC(Oc3ccc(CC(=O)O)cc3Br)C2)ccc(C(C)=O)c1O. The van der Waals surface area contributed by atoms with Crippen LogP contribution in [-0.2, 0) is 17.6 Å². The topological polar surface area (TPSA) is 93.1 Å². The lowest BCUT2D eigenvalue weighted by molar-refractivity contribution is -0.136. The van der Waals surface area contributed by atoms with Crippen LogP contribution in [-0.4, -0.2) is 34.2 Å². The first-order valence-corrected chi connectivity index (χ1v) is 11.8. The smallest absolute Gasteiger partial charge is 0.307 e. The zero-order valence-corrected chi connectivity index (χ0v) is 20.0. The van der Waals surface area contributed by atoms with Gasteiger partial charge in [-0.25, -0.2) is 0 Å². The van der Waals surface area contributed by atoms with E-state index in [0.717, 1.165) is 30.2 Å². The number of carbonyl (C=O) groups excluding carboxylic acids is 1. The first-order chi connectivity index (χ1) is 15.3. The standard InChI is InChI=1S/C25H29BrO6/c1-3-5-20-22(11-9-19(15(2)27)25(20)30)31-17-6-4-7-18(14-17)32-23-10-8-16(12-21(23)26)13-24(28)29/h8-12,17-18,30H,3-7,13-14H2,1-2H3,(H,28,29). The van der Waals surface area contributed by atoms with Crippen LogP contribution in [0.25, 0.3) is 0 Å². The minimum absolute atomic E-state index is 0.0193. The van der Waals surface area contributed by atoms with E-state index in [-0.39, 0.29) is 30.2 Å². The highest BCUT2D eigenvalue weighted by molar-refractivity contribution is 9.10. The van der Waals surface area contributed by atoms with Crippen molar-refractivity contribution in [2.75, 3.05) is 0 Å². The number of ether oxygens (including phenoxy) is 2. The Morgan fingerprint density at radius 3 is 2.34 bits per heavy atom. The first kappa shape index (κ1) is 24.1. The molecule has 0 aromatic heterocycles. The molecule has 7 heteroatoms. The molecule has 1 saturated carbocycles. The predicted molar refractivity (Wildman–Crippen MR) is 125 cm³/mol. The van der Waals surface area contributed by atoms with Gasteiger partial charge in [0, 0.05) is 12.0 Å². The van der Waals surface area contributed by atoms with E-state index >= 15 is 0 Å². The van der Waals surface area contributed by atoms with Gasteiger partial charge >= 0.3 is 5.97 Å². The molecule has 0 spiro atoms.